The molecule has 0 spiro atoms. The number of carbonyl (C=O) groups excluding carboxylic acids is 1. The number of halogens is 4. The molecule has 96 valence electrons. The van der Waals surface area contributed by atoms with Crippen LogP contribution in [-0.2, 0) is 22.1 Å². The number of hydrogen-bond donors (Lipinski definition) is 0. The lowest BCUT2D eigenvalue weighted by Gasteiger charge is -2.12. The third kappa shape index (κ3) is 3.23. The van der Waals surface area contributed by atoms with Gasteiger partial charge in [0, 0.05) is 4.47 Å². The molecule has 0 fully saturated rings. The van der Waals surface area contributed by atoms with Crippen molar-refractivity contribution in [1.29, 1.82) is 5.26 Å². The highest BCUT2D eigenvalue weighted by molar-refractivity contribution is 9.10. The maximum absolute atomic E-state index is 12.6. The predicted molar refractivity (Wildman–Crippen MR) is 59.6 cm³/mol. The Balaban J connectivity index is 3.29. The Bertz CT molecular complexity index is 520. The second-order valence-electron chi connectivity index (χ2n) is 3.35. The Morgan fingerprint density at radius 3 is 2.56 bits per heavy atom. The zero-order chi connectivity index (χ0) is 13.9. The Morgan fingerprint density at radius 2 is 2.11 bits per heavy atom. The van der Waals surface area contributed by atoms with Crippen molar-refractivity contribution < 1.29 is 22.7 Å². The van der Waals surface area contributed by atoms with Crippen LogP contribution in [0.15, 0.2) is 16.6 Å². The van der Waals surface area contributed by atoms with E-state index in [2.05, 4.69) is 20.7 Å². The van der Waals surface area contributed by atoms with Crippen LogP contribution < -0.4 is 0 Å². The van der Waals surface area contributed by atoms with Gasteiger partial charge >= 0.3 is 12.1 Å². The van der Waals surface area contributed by atoms with Gasteiger partial charge in [0.2, 0.25) is 0 Å². The first-order valence-corrected chi connectivity index (χ1v) is 5.45. The fourth-order valence-corrected chi connectivity index (χ4v) is 1.93. The Hall–Kier alpha value is -1.55. The fourth-order valence-electron chi connectivity index (χ4n) is 1.31. The van der Waals surface area contributed by atoms with Gasteiger partial charge in [-0.25, -0.2) is 0 Å². The van der Waals surface area contributed by atoms with Gasteiger partial charge in [-0.15, -0.1) is 0 Å². The van der Waals surface area contributed by atoms with Gasteiger partial charge in [0.25, 0.3) is 0 Å². The fraction of sp³-hybridized carbons (Fsp3) is 0.273. The molecular weight excluding hydrogens is 315 g/mol. The molecule has 0 atom stereocenters. The number of methoxy groups -OCH3 is 1. The number of alkyl halides is 3. The first-order valence-electron chi connectivity index (χ1n) is 4.66. The Kier molecular flexibility index (Phi) is 4.35. The molecule has 0 amide bonds. The van der Waals surface area contributed by atoms with Crippen LogP contribution >= 0.6 is 15.9 Å². The molecule has 0 radical (unpaired) electrons. The number of benzene rings is 1. The van der Waals surface area contributed by atoms with Gasteiger partial charge in [0.15, 0.2) is 0 Å². The lowest BCUT2D eigenvalue weighted by Crippen LogP contribution is -2.10. The van der Waals surface area contributed by atoms with Crippen LogP contribution in [0.2, 0.25) is 0 Å². The van der Waals surface area contributed by atoms with E-state index in [9.17, 15) is 18.0 Å². The minimum atomic E-state index is -4.56. The van der Waals surface area contributed by atoms with Gasteiger partial charge in [-0.1, -0.05) is 15.9 Å². The summed E-state index contributed by atoms with van der Waals surface area (Å²) >= 11 is 2.78. The molecule has 1 aromatic rings. The van der Waals surface area contributed by atoms with Crippen LogP contribution in [0, 0.1) is 11.3 Å². The van der Waals surface area contributed by atoms with E-state index in [0.717, 1.165) is 13.2 Å². The predicted octanol–water partition coefficient (Wildman–Crippen LogP) is 3.06. The SMILES string of the molecule is COC(=O)Cc1cc(Br)c(C(F)(F)F)cc1C#N. The molecule has 7 heteroatoms. The zero-order valence-corrected chi connectivity index (χ0v) is 10.7. The van der Waals surface area contributed by atoms with Gasteiger partial charge in [0.1, 0.15) is 0 Å². The maximum atomic E-state index is 12.6. The van der Waals surface area contributed by atoms with Crippen LogP contribution in [0.25, 0.3) is 0 Å². The second kappa shape index (κ2) is 5.40. The molecular formula is C11H7BrF3NO2. The molecule has 0 bridgehead atoms. The van der Waals surface area contributed by atoms with Crippen molar-refractivity contribution in [2.45, 2.75) is 12.6 Å². The smallest absolute Gasteiger partial charge is 0.417 e. The van der Waals surface area contributed by atoms with E-state index >= 15 is 0 Å². The van der Waals surface area contributed by atoms with Crippen molar-refractivity contribution in [1.82, 2.24) is 0 Å². The molecule has 0 aliphatic carbocycles. The van der Waals surface area contributed by atoms with E-state index in [1.165, 1.54) is 0 Å². The minimum Gasteiger partial charge on any atom is -0.469 e. The molecule has 0 aliphatic rings. The van der Waals surface area contributed by atoms with Crippen molar-refractivity contribution in [3.8, 4) is 6.07 Å². The van der Waals surface area contributed by atoms with Gasteiger partial charge in [-0.3, -0.25) is 4.79 Å². The van der Waals surface area contributed by atoms with E-state index < -0.39 is 17.7 Å². The topological polar surface area (TPSA) is 50.1 Å². The molecule has 0 aliphatic heterocycles. The molecule has 0 unspecified atom stereocenters. The summed E-state index contributed by atoms with van der Waals surface area (Å²) in [6.45, 7) is 0. The summed E-state index contributed by atoms with van der Waals surface area (Å²) in [7, 11) is 1.16. The summed E-state index contributed by atoms with van der Waals surface area (Å²) in [6.07, 6.45) is -4.82. The summed E-state index contributed by atoms with van der Waals surface area (Å²) < 4.78 is 42.0. The highest BCUT2D eigenvalue weighted by atomic mass is 79.9. The van der Waals surface area contributed by atoms with Crippen LogP contribution in [-0.4, -0.2) is 13.1 Å². The van der Waals surface area contributed by atoms with Crippen molar-refractivity contribution in [2.75, 3.05) is 7.11 Å². The van der Waals surface area contributed by atoms with E-state index in [1.54, 1.807) is 6.07 Å². The van der Waals surface area contributed by atoms with Crippen LogP contribution in [0.3, 0.4) is 0 Å². The first kappa shape index (κ1) is 14.5. The Labute approximate surface area is 109 Å². The summed E-state index contributed by atoms with van der Waals surface area (Å²) in [5.74, 6) is -0.627. The summed E-state index contributed by atoms with van der Waals surface area (Å²) in [6, 6.07) is 3.46. The van der Waals surface area contributed by atoms with E-state index in [1.807, 2.05) is 0 Å². The third-order valence-corrected chi connectivity index (χ3v) is 2.84. The van der Waals surface area contributed by atoms with Gasteiger partial charge in [-0.05, 0) is 17.7 Å². The second-order valence-corrected chi connectivity index (χ2v) is 4.21. The standard InChI is InChI=1S/C11H7BrF3NO2/c1-18-10(17)4-6-3-9(12)8(11(13,14)15)2-7(6)5-16/h2-3H,4H2,1H3. The number of nitrogens with zero attached hydrogens (tertiary/aromatic N) is 1. The average molecular weight is 322 g/mol. The van der Waals surface area contributed by atoms with Crippen LogP contribution in [0.5, 0.6) is 0 Å². The average Bonchev–Trinajstić information content (AvgIpc) is 2.27. The summed E-state index contributed by atoms with van der Waals surface area (Å²) in [4.78, 5) is 11.1. The lowest BCUT2D eigenvalue weighted by atomic mass is 10.0. The first-order chi connectivity index (χ1) is 8.29. The highest BCUT2D eigenvalue weighted by Gasteiger charge is 2.34. The lowest BCUT2D eigenvalue weighted by molar-refractivity contribution is -0.139. The monoisotopic (exact) mass is 321 g/mol. The van der Waals surface area contributed by atoms with E-state index in [0.29, 0.717) is 6.07 Å². The molecule has 0 N–H and O–H groups in total. The molecule has 18 heavy (non-hydrogen) atoms. The van der Waals surface area contributed by atoms with Crippen molar-refractivity contribution in [3.63, 3.8) is 0 Å². The van der Waals surface area contributed by atoms with Crippen LogP contribution in [0.4, 0.5) is 13.2 Å². The largest absolute Gasteiger partial charge is 0.469 e. The quantitative estimate of drug-likeness (QED) is 0.787. The molecule has 0 saturated heterocycles. The third-order valence-electron chi connectivity index (χ3n) is 2.18. The zero-order valence-electron chi connectivity index (χ0n) is 9.14. The highest BCUT2D eigenvalue weighted by Crippen LogP contribution is 2.36. The number of rotatable bonds is 2. The molecule has 1 rings (SSSR count). The molecule has 3 nitrogen and oxygen atoms in total. The van der Waals surface area contributed by atoms with Crippen molar-refractivity contribution in [3.05, 3.63) is 33.3 Å². The molecule has 0 saturated carbocycles. The van der Waals surface area contributed by atoms with E-state index in [-0.39, 0.29) is 22.0 Å². The minimum absolute atomic E-state index is 0.184. The summed E-state index contributed by atoms with van der Waals surface area (Å²) in [5, 5.41) is 8.80. The number of esters is 1. The van der Waals surface area contributed by atoms with Crippen molar-refractivity contribution in [2.24, 2.45) is 0 Å². The molecule has 0 heterocycles. The van der Waals surface area contributed by atoms with Crippen molar-refractivity contribution >= 4 is 21.9 Å². The van der Waals surface area contributed by atoms with Gasteiger partial charge in [0.05, 0.1) is 30.7 Å². The van der Waals surface area contributed by atoms with Crippen LogP contribution in [0.1, 0.15) is 16.7 Å². The molecule has 1 aromatic carbocycles. The Morgan fingerprint density at radius 1 is 1.50 bits per heavy atom. The normalized spacial score (nSPS) is 10.9. The molecule has 0 aromatic heterocycles. The number of hydrogen-bond acceptors (Lipinski definition) is 3. The van der Waals surface area contributed by atoms with Gasteiger partial charge in [-0.2, -0.15) is 18.4 Å². The van der Waals surface area contributed by atoms with Gasteiger partial charge < -0.3 is 4.74 Å². The number of nitriles is 1. The summed E-state index contributed by atoms with van der Waals surface area (Å²) in [5.41, 5.74) is -0.965. The number of carbonyl (C=O) groups is 1. The van der Waals surface area contributed by atoms with E-state index in [4.69, 9.17) is 5.26 Å². The number of ether oxygens (including phenoxy) is 1. The maximum Gasteiger partial charge on any atom is 0.417 e.